The summed E-state index contributed by atoms with van der Waals surface area (Å²) >= 11 is 6.69. The van der Waals surface area contributed by atoms with Gasteiger partial charge in [0.05, 0.1) is 27.8 Å². The van der Waals surface area contributed by atoms with Crippen LogP contribution in [0.4, 0.5) is 21.6 Å². The van der Waals surface area contributed by atoms with Crippen molar-refractivity contribution in [2.45, 2.75) is 25.8 Å². The largest absolute Gasteiger partial charge is 0.369 e. The van der Waals surface area contributed by atoms with Gasteiger partial charge in [-0.05, 0) is 37.8 Å². The summed E-state index contributed by atoms with van der Waals surface area (Å²) < 4.78 is 15.8. The molecule has 0 unspecified atom stereocenters. The number of aromatic nitrogens is 5. The molecular weight excluding hydrogens is 419 g/mol. The second kappa shape index (κ2) is 7.06. The van der Waals surface area contributed by atoms with Gasteiger partial charge in [0, 0.05) is 37.4 Å². The van der Waals surface area contributed by atoms with Gasteiger partial charge in [-0.1, -0.05) is 11.6 Å². The van der Waals surface area contributed by atoms with E-state index in [1.807, 2.05) is 6.07 Å². The molecule has 1 atom stereocenters. The summed E-state index contributed by atoms with van der Waals surface area (Å²) in [5.41, 5.74) is 2.63. The number of H-pyrrole nitrogens is 1. The Morgan fingerprint density at radius 3 is 2.97 bits per heavy atom. The van der Waals surface area contributed by atoms with E-state index in [1.165, 1.54) is 23.4 Å². The number of nitrogens with zero attached hydrogens (tertiary/aromatic N) is 5. The van der Waals surface area contributed by atoms with Crippen LogP contribution in [0.1, 0.15) is 18.7 Å². The van der Waals surface area contributed by atoms with Crippen LogP contribution < -0.4 is 15.5 Å². The Balaban J connectivity index is 1.31. The summed E-state index contributed by atoms with van der Waals surface area (Å²) in [4.78, 5) is 6.47. The summed E-state index contributed by atoms with van der Waals surface area (Å²) in [5.74, 6) is 1.39. The van der Waals surface area contributed by atoms with Gasteiger partial charge in [-0.15, -0.1) is 0 Å². The fourth-order valence-electron chi connectivity index (χ4n) is 4.45. The maximum Gasteiger partial charge on any atom is 0.191 e. The fraction of sp³-hybridized carbons (Fsp3) is 0.381. The van der Waals surface area contributed by atoms with E-state index in [-0.39, 0.29) is 5.65 Å². The molecule has 4 heterocycles. The summed E-state index contributed by atoms with van der Waals surface area (Å²) in [6.45, 7) is 4.63. The van der Waals surface area contributed by atoms with E-state index in [1.54, 1.807) is 13.1 Å². The van der Waals surface area contributed by atoms with E-state index in [4.69, 9.17) is 11.6 Å². The molecule has 6 rings (SSSR count). The zero-order valence-corrected chi connectivity index (χ0v) is 17.7. The van der Waals surface area contributed by atoms with Crippen molar-refractivity contribution in [2.24, 2.45) is 5.92 Å². The zero-order valence-electron chi connectivity index (χ0n) is 17.0. The third kappa shape index (κ3) is 3.37. The molecule has 2 aliphatic rings. The molecule has 8 nitrogen and oxygen atoms in total. The Morgan fingerprint density at radius 1 is 1.26 bits per heavy atom. The third-order valence-electron chi connectivity index (χ3n) is 6.12. The lowest BCUT2D eigenvalue weighted by atomic mass is 10.1. The van der Waals surface area contributed by atoms with Crippen molar-refractivity contribution in [3.05, 3.63) is 41.1 Å². The molecule has 0 spiro atoms. The first-order valence-electron chi connectivity index (χ1n) is 10.5. The smallest absolute Gasteiger partial charge is 0.191 e. The number of fused-ring (bicyclic) bond motifs is 2. The minimum absolute atomic E-state index is 0.193. The Labute approximate surface area is 182 Å². The van der Waals surface area contributed by atoms with Crippen LogP contribution in [0.5, 0.6) is 0 Å². The van der Waals surface area contributed by atoms with Crippen LogP contribution in [0.3, 0.4) is 0 Å². The topological polar surface area (TPSA) is 86.2 Å². The van der Waals surface area contributed by atoms with Gasteiger partial charge in [-0.3, -0.25) is 5.10 Å². The Morgan fingerprint density at radius 2 is 2.13 bits per heavy atom. The number of aryl methyl sites for hydroxylation is 1. The molecule has 1 aromatic carbocycles. The second-order valence-corrected chi connectivity index (χ2v) is 8.80. The lowest BCUT2D eigenvalue weighted by Crippen LogP contribution is -2.51. The second-order valence-electron chi connectivity index (χ2n) is 8.40. The monoisotopic (exact) mass is 440 g/mol. The van der Waals surface area contributed by atoms with Crippen molar-refractivity contribution in [1.29, 1.82) is 0 Å². The van der Waals surface area contributed by atoms with Crippen LogP contribution in [0.25, 0.3) is 16.6 Å². The first-order chi connectivity index (χ1) is 15.0. The average molecular weight is 441 g/mol. The molecule has 3 N–H and O–H groups in total. The first kappa shape index (κ1) is 18.8. The Bertz CT molecular complexity index is 1290. The first-order valence-corrected chi connectivity index (χ1v) is 10.9. The predicted molar refractivity (Wildman–Crippen MR) is 119 cm³/mol. The number of pyridine rings is 1. The highest BCUT2D eigenvalue weighted by atomic mass is 35.5. The number of aromatic amines is 1. The molecule has 1 saturated heterocycles. The van der Waals surface area contributed by atoms with Crippen molar-refractivity contribution in [2.75, 3.05) is 29.9 Å². The van der Waals surface area contributed by atoms with Crippen molar-refractivity contribution in [3.8, 4) is 0 Å². The zero-order chi connectivity index (χ0) is 21.1. The lowest BCUT2D eigenvalue weighted by molar-refractivity contribution is 0.419. The molecule has 1 saturated carbocycles. The number of hydrogen-bond donors (Lipinski definition) is 3. The summed E-state index contributed by atoms with van der Waals surface area (Å²) in [6.07, 6.45) is 4.32. The highest BCUT2D eigenvalue weighted by Gasteiger charge is 2.34. The Kier molecular flexibility index (Phi) is 4.29. The number of piperazine rings is 1. The van der Waals surface area contributed by atoms with Crippen molar-refractivity contribution < 1.29 is 4.39 Å². The van der Waals surface area contributed by atoms with Crippen LogP contribution in [0.15, 0.2) is 24.4 Å². The highest BCUT2D eigenvalue weighted by Crippen LogP contribution is 2.37. The summed E-state index contributed by atoms with van der Waals surface area (Å²) in [7, 11) is 0. The third-order valence-corrected chi connectivity index (χ3v) is 6.42. The fourth-order valence-corrected chi connectivity index (χ4v) is 4.75. The number of hydrogen-bond acceptors (Lipinski definition) is 6. The molecule has 2 fully saturated rings. The van der Waals surface area contributed by atoms with E-state index in [0.29, 0.717) is 28.4 Å². The summed E-state index contributed by atoms with van der Waals surface area (Å²) in [6, 6.07) is 6.00. The van der Waals surface area contributed by atoms with Crippen LogP contribution in [0, 0.1) is 18.7 Å². The van der Waals surface area contributed by atoms with Gasteiger partial charge in [0.25, 0.3) is 0 Å². The van der Waals surface area contributed by atoms with Gasteiger partial charge >= 0.3 is 0 Å². The standard InChI is InChI=1S/C21H22ClFN8/c1-11-25-21-16(23)6-13(9-31(21)29-11)26-20-19-15(22)7-14(8-17(19)27-28-20)30-5-4-24-18(10-30)12-2-3-12/h6-9,12,18,24H,2-5,10H2,1H3,(H2,26,27,28)/t18-/m0/s1. The van der Waals surface area contributed by atoms with Gasteiger partial charge in [0.15, 0.2) is 17.3 Å². The van der Waals surface area contributed by atoms with Crippen molar-refractivity contribution in [1.82, 2.24) is 30.1 Å². The molecule has 0 bridgehead atoms. The maximum atomic E-state index is 14.4. The molecule has 1 aliphatic heterocycles. The van der Waals surface area contributed by atoms with Gasteiger partial charge in [-0.2, -0.15) is 10.2 Å². The number of benzene rings is 1. The van der Waals surface area contributed by atoms with Crippen LogP contribution in [0.2, 0.25) is 5.02 Å². The van der Waals surface area contributed by atoms with Crippen LogP contribution >= 0.6 is 11.6 Å². The minimum Gasteiger partial charge on any atom is -0.369 e. The van der Waals surface area contributed by atoms with Gasteiger partial charge in [-0.25, -0.2) is 13.9 Å². The lowest BCUT2D eigenvalue weighted by Gasteiger charge is -2.35. The van der Waals surface area contributed by atoms with E-state index >= 15 is 0 Å². The number of halogens is 2. The van der Waals surface area contributed by atoms with E-state index in [2.05, 4.69) is 41.9 Å². The molecule has 10 heteroatoms. The molecule has 3 aromatic heterocycles. The van der Waals surface area contributed by atoms with Gasteiger partial charge in [0.2, 0.25) is 0 Å². The predicted octanol–water partition coefficient (Wildman–Crippen LogP) is 3.64. The molecule has 4 aromatic rings. The highest BCUT2D eigenvalue weighted by molar-refractivity contribution is 6.36. The number of nitrogens with one attached hydrogen (secondary N) is 3. The van der Waals surface area contributed by atoms with Crippen LogP contribution in [-0.2, 0) is 0 Å². The molecule has 0 amide bonds. The molecule has 0 radical (unpaired) electrons. The normalized spacial score (nSPS) is 19.5. The molecule has 1 aliphatic carbocycles. The quantitative estimate of drug-likeness (QED) is 0.449. The number of rotatable bonds is 4. The Hall–Kier alpha value is -2.91. The van der Waals surface area contributed by atoms with Crippen molar-refractivity contribution in [3.63, 3.8) is 0 Å². The van der Waals surface area contributed by atoms with Gasteiger partial charge < -0.3 is 15.5 Å². The summed E-state index contributed by atoms with van der Waals surface area (Å²) in [5, 5.41) is 19.8. The maximum absolute atomic E-state index is 14.4. The van der Waals surface area contributed by atoms with Crippen molar-refractivity contribution >= 4 is 45.3 Å². The SMILES string of the molecule is Cc1nc2c(F)cc(Nc3n[nH]c4cc(N5CCN[C@H](C6CC6)C5)cc(Cl)c34)cn2n1. The average Bonchev–Trinajstić information content (AvgIpc) is 3.42. The van der Waals surface area contributed by atoms with E-state index in [9.17, 15) is 4.39 Å². The number of anilines is 3. The minimum atomic E-state index is -0.456. The molecule has 31 heavy (non-hydrogen) atoms. The van der Waals surface area contributed by atoms with E-state index in [0.717, 1.165) is 42.1 Å². The van der Waals surface area contributed by atoms with E-state index < -0.39 is 5.82 Å². The molecule has 160 valence electrons. The molecular formula is C21H22ClFN8. The van der Waals surface area contributed by atoms with Crippen LogP contribution in [-0.4, -0.2) is 50.5 Å². The van der Waals surface area contributed by atoms with Gasteiger partial charge in [0.1, 0.15) is 5.82 Å².